The van der Waals surface area contributed by atoms with Crippen LogP contribution >= 0.6 is 11.6 Å². The number of anilines is 2. The molecular formula is C27H20ClN5O3. The highest BCUT2D eigenvalue weighted by molar-refractivity contribution is 6.36. The van der Waals surface area contributed by atoms with Gasteiger partial charge in [-0.2, -0.15) is 5.26 Å². The molecule has 2 aromatic carbocycles. The van der Waals surface area contributed by atoms with Crippen LogP contribution in [0, 0.1) is 17.2 Å². The van der Waals surface area contributed by atoms with Gasteiger partial charge in [-0.3, -0.25) is 9.59 Å². The summed E-state index contributed by atoms with van der Waals surface area (Å²) in [5.74, 6) is 0.496. The zero-order chi connectivity index (χ0) is 24.9. The van der Waals surface area contributed by atoms with E-state index in [-0.39, 0.29) is 22.6 Å². The van der Waals surface area contributed by atoms with E-state index >= 15 is 0 Å². The Morgan fingerprint density at radius 3 is 2.75 bits per heavy atom. The van der Waals surface area contributed by atoms with Crippen molar-refractivity contribution in [2.24, 2.45) is 5.92 Å². The van der Waals surface area contributed by atoms with Crippen molar-refractivity contribution >= 4 is 45.7 Å². The number of halogens is 1. The number of hydrogen-bond donors (Lipinski definition) is 3. The Balaban J connectivity index is 1.37. The van der Waals surface area contributed by atoms with Crippen molar-refractivity contribution in [1.29, 1.82) is 5.26 Å². The number of nitriles is 1. The summed E-state index contributed by atoms with van der Waals surface area (Å²) >= 11 is 6.52. The minimum atomic E-state index is -0.895. The first-order valence-electron chi connectivity index (χ1n) is 11.5. The van der Waals surface area contributed by atoms with Crippen LogP contribution in [0.4, 0.5) is 11.4 Å². The summed E-state index contributed by atoms with van der Waals surface area (Å²) in [6, 6.07) is 16.5. The Labute approximate surface area is 211 Å². The van der Waals surface area contributed by atoms with Crippen molar-refractivity contribution in [2.75, 3.05) is 10.6 Å². The summed E-state index contributed by atoms with van der Waals surface area (Å²) in [7, 11) is 0. The number of nitrogens with one attached hydrogen (secondary N) is 3. The number of hydrogen-bond acceptors (Lipinski definition) is 6. The lowest BCUT2D eigenvalue weighted by Gasteiger charge is -2.36. The van der Waals surface area contributed by atoms with Crippen LogP contribution in [0.25, 0.3) is 11.0 Å². The van der Waals surface area contributed by atoms with E-state index in [0.29, 0.717) is 64.3 Å². The van der Waals surface area contributed by atoms with Crippen molar-refractivity contribution in [1.82, 2.24) is 9.97 Å². The van der Waals surface area contributed by atoms with E-state index in [9.17, 15) is 14.9 Å². The van der Waals surface area contributed by atoms with Gasteiger partial charge in [-0.15, -0.1) is 0 Å². The third-order valence-corrected chi connectivity index (χ3v) is 7.17. The van der Waals surface area contributed by atoms with Crippen LogP contribution < -0.4 is 15.4 Å². The van der Waals surface area contributed by atoms with Crippen molar-refractivity contribution in [3.63, 3.8) is 0 Å². The van der Waals surface area contributed by atoms with Crippen LogP contribution in [0.3, 0.4) is 0 Å². The van der Waals surface area contributed by atoms with E-state index in [1.165, 1.54) is 0 Å². The minimum Gasteiger partial charge on any atom is -0.457 e. The molecule has 1 aliphatic carbocycles. The number of fused-ring (bicyclic) bond motifs is 3. The van der Waals surface area contributed by atoms with Crippen molar-refractivity contribution in [2.45, 2.75) is 24.8 Å². The predicted molar refractivity (Wildman–Crippen MR) is 135 cm³/mol. The van der Waals surface area contributed by atoms with Gasteiger partial charge in [0.15, 0.2) is 5.78 Å². The van der Waals surface area contributed by atoms with Gasteiger partial charge in [-0.25, -0.2) is 4.98 Å². The highest BCUT2D eigenvalue weighted by atomic mass is 35.5. The number of para-hydroxylation sites is 1. The molecule has 1 fully saturated rings. The first kappa shape index (κ1) is 22.1. The van der Waals surface area contributed by atoms with Gasteiger partial charge in [0.1, 0.15) is 22.7 Å². The molecule has 0 bridgehead atoms. The van der Waals surface area contributed by atoms with Crippen LogP contribution in [0.5, 0.6) is 11.5 Å². The van der Waals surface area contributed by atoms with E-state index in [1.807, 2.05) is 30.3 Å². The summed E-state index contributed by atoms with van der Waals surface area (Å²) < 4.78 is 5.83. The number of aromatic nitrogens is 2. The number of amides is 1. The fourth-order valence-electron chi connectivity index (χ4n) is 5.03. The molecule has 2 atom stereocenters. The number of pyridine rings is 1. The quantitative estimate of drug-likeness (QED) is 0.313. The van der Waals surface area contributed by atoms with Gasteiger partial charge < -0.3 is 20.4 Å². The van der Waals surface area contributed by atoms with E-state index in [2.05, 4.69) is 26.7 Å². The number of ether oxygens (including phenoxy) is 1. The molecule has 9 heteroatoms. The molecule has 1 saturated carbocycles. The molecule has 36 heavy (non-hydrogen) atoms. The Kier molecular flexibility index (Phi) is 5.16. The van der Waals surface area contributed by atoms with Crippen LogP contribution in [-0.2, 0) is 4.79 Å². The van der Waals surface area contributed by atoms with Gasteiger partial charge in [0.2, 0.25) is 5.91 Å². The van der Waals surface area contributed by atoms with Gasteiger partial charge >= 0.3 is 0 Å². The standard InChI is InChI=1S/C27H20ClN5O3/c28-20-10-17(36-16-4-2-1-3-5-16)6-7-18(20)24(34)19-13-30-25-22(19)23-21(14-31-25)32-26(35)27(33-23)9-8-15(11-27)12-29/h1-7,10,13-15,33H,8-9,11H2,(H,30,31)(H,32,35)/t15-,27+/m0/s1. The predicted octanol–water partition coefficient (Wildman–Crippen LogP) is 5.67. The van der Waals surface area contributed by atoms with Gasteiger partial charge in [0.05, 0.1) is 39.6 Å². The maximum Gasteiger partial charge on any atom is 0.250 e. The Morgan fingerprint density at radius 1 is 1.17 bits per heavy atom. The molecule has 2 aromatic heterocycles. The molecule has 1 aliphatic heterocycles. The fourth-order valence-corrected chi connectivity index (χ4v) is 5.28. The Morgan fingerprint density at radius 2 is 2.00 bits per heavy atom. The molecule has 8 nitrogen and oxygen atoms in total. The number of carbonyl (C=O) groups excluding carboxylic acids is 2. The number of benzene rings is 2. The maximum atomic E-state index is 13.6. The lowest BCUT2D eigenvalue weighted by atomic mass is 9.91. The normalized spacial score (nSPS) is 20.4. The molecule has 6 rings (SSSR count). The highest BCUT2D eigenvalue weighted by Crippen LogP contribution is 2.45. The summed E-state index contributed by atoms with van der Waals surface area (Å²) in [5, 5.41) is 16.5. The number of ketones is 1. The molecule has 3 N–H and O–H groups in total. The molecule has 3 heterocycles. The number of aromatic amines is 1. The minimum absolute atomic E-state index is 0.186. The molecule has 0 saturated heterocycles. The maximum absolute atomic E-state index is 13.6. The third kappa shape index (κ3) is 3.56. The van der Waals surface area contributed by atoms with Gasteiger partial charge in [-0.1, -0.05) is 29.8 Å². The number of rotatable bonds is 4. The van der Waals surface area contributed by atoms with E-state index < -0.39 is 5.54 Å². The smallest absolute Gasteiger partial charge is 0.250 e. The largest absolute Gasteiger partial charge is 0.457 e. The molecule has 2 aliphatic rings. The van der Waals surface area contributed by atoms with Crippen LogP contribution in [0.1, 0.15) is 35.2 Å². The van der Waals surface area contributed by atoms with Gasteiger partial charge in [-0.05, 0) is 43.5 Å². The summed E-state index contributed by atoms with van der Waals surface area (Å²) in [6.07, 6.45) is 4.72. The first-order chi connectivity index (χ1) is 17.5. The van der Waals surface area contributed by atoms with E-state index in [0.717, 1.165) is 0 Å². The van der Waals surface area contributed by atoms with Crippen LogP contribution in [-0.4, -0.2) is 27.2 Å². The number of nitrogens with zero attached hydrogens (tertiary/aromatic N) is 2. The second-order valence-corrected chi connectivity index (χ2v) is 9.50. The first-order valence-corrected chi connectivity index (χ1v) is 11.9. The van der Waals surface area contributed by atoms with E-state index in [1.54, 1.807) is 30.6 Å². The fraction of sp³-hybridized carbons (Fsp3) is 0.185. The molecule has 4 aromatic rings. The Bertz CT molecular complexity index is 1580. The topological polar surface area (TPSA) is 120 Å². The monoisotopic (exact) mass is 497 g/mol. The summed E-state index contributed by atoms with van der Waals surface area (Å²) in [4.78, 5) is 34.0. The van der Waals surface area contributed by atoms with Crippen molar-refractivity contribution < 1.29 is 14.3 Å². The van der Waals surface area contributed by atoms with E-state index in [4.69, 9.17) is 16.3 Å². The highest BCUT2D eigenvalue weighted by Gasteiger charge is 2.48. The molecule has 1 spiro atoms. The lowest BCUT2D eigenvalue weighted by molar-refractivity contribution is -0.120. The number of carbonyl (C=O) groups is 2. The van der Waals surface area contributed by atoms with Gasteiger partial charge in [0, 0.05) is 23.7 Å². The molecule has 178 valence electrons. The second kappa shape index (κ2) is 8.40. The molecule has 0 radical (unpaired) electrons. The molecular weight excluding hydrogens is 478 g/mol. The van der Waals surface area contributed by atoms with Crippen molar-refractivity contribution in [3.05, 3.63) is 77.1 Å². The Hall–Kier alpha value is -4.35. The summed E-state index contributed by atoms with van der Waals surface area (Å²) in [5.41, 5.74) is 1.41. The van der Waals surface area contributed by atoms with Crippen LogP contribution in [0.15, 0.2) is 60.9 Å². The molecule has 0 unspecified atom stereocenters. The zero-order valence-electron chi connectivity index (χ0n) is 19.0. The molecule has 1 amide bonds. The SMILES string of the molecule is N#C[C@H]1CC[C@]2(C1)Nc1c(cnc3[nH]cc(C(=O)c4ccc(Oc5ccccc5)cc4Cl)c13)NC2=O. The van der Waals surface area contributed by atoms with Crippen molar-refractivity contribution in [3.8, 4) is 17.6 Å². The van der Waals surface area contributed by atoms with Gasteiger partial charge in [0.25, 0.3) is 0 Å². The van der Waals surface area contributed by atoms with Crippen LogP contribution in [0.2, 0.25) is 5.02 Å². The lowest BCUT2D eigenvalue weighted by Crippen LogP contribution is -2.50. The summed E-state index contributed by atoms with van der Waals surface area (Å²) in [6.45, 7) is 0. The zero-order valence-corrected chi connectivity index (χ0v) is 19.7. The average Bonchev–Trinajstić information content (AvgIpc) is 3.51. The second-order valence-electron chi connectivity index (χ2n) is 9.09. The third-order valence-electron chi connectivity index (χ3n) is 6.85. The number of H-pyrrole nitrogens is 1. The average molecular weight is 498 g/mol.